The highest BCUT2D eigenvalue weighted by molar-refractivity contribution is 6.31. The fraction of sp³-hybridized carbons (Fsp3) is 0.0588. The van der Waals surface area contributed by atoms with Gasteiger partial charge < -0.3 is 9.88 Å². The Hall–Kier alpha value is -2.66. The van der Waals surface area contributed by atoms with Gasteiger partial charge >= 0.3 is 0 Å². The first-order valence-electron chi connectivity index (χ1n) is 6.94. The average molecular weight is 330 g/mol. The van der Waals surface area contributed by atoms with E-state index in [1.54, 1.807) is 12.5 Å². The predicted molar refractivity (Wildman–Crippen MR) is 86.1 cm³/mol. The fourth-order valence-electron chi connectivity index (χ4n) is 2.15. The molecular weight excluding hydrogens is 317 g/mol. The largest absolute Gasteiger partial charge is 0.348 e. The van der Waals surface area contributed by atoms with Gasteiger partial charge in [0.2, 0.25) is 0 Å². The molecule has 0 spiro atoms. The molecule has 1 aromatic heterocycles. The first-order valence-corrected chi connectivity index (χ1v) is 7.32. The number of hydrogen-bond acceptors (Lipinski definition) is 2. The zero-order valence-electron chi connectivity index (χ0n) is 12.0. The van der Waals surface area contributed by atoms with Crippen molar-refractivity contribution in [2.75, 3.05) is 0 Å². The Morgan fingerprint density at radius 3 is 2.70 bits per heavy atom. The molecule has 0 radical (unpaired) electrons. The molecule has 4 nitrogen and oxygen atoms in total. The number of carbonyl (C=O) groups excluding carboxylic acids is 1. The van der Waals surface area contributed by atoms with Crippen LogP contribution >= 0.6 is 11.6 Å². The topological polar surface area (TPSA) is 46.9 Å². The number of rotatable bonds is 4. The summed E-state index contributed by atoms with van der Waals surface area (Å²) in [5.41, 5.74) is 1.82. The van der Waals surface area contributed by atoms with Crippen LogP contribution in [0.25, 0.3) is 5.69 Å². The summed E-state index contributed by atoms with van der Waals surface area (Å²) in [6.45, 7) is 0.301. The van der Waals surface area contributed by atoms with E-state index in [1.807, 2.05) is 35.0 Å². The number of halogens is 2. The highest BCUT2D eigenvalue weighted by Gasteiger charge is 2.11. The van der Waals surface area contributed by atoms with E-state index in [2.05, 4.69) is 10.3 Å². The van der Waals surface area contributed by atoms with E-state index in [0.29, 0.717) is 11.6 Å². The van der Waals surface area contributed by atoms with Gasteiger partial charge in [-0.3, -0.25) is 4.79 Å². The Balaban J connectivity index is 1.66. The zero-order chi connectivity index (χ0) is 16.2. The number of nitrogens with one attached hydrogen (secondary N) is 1. The van der Waals surface area contributed by atoms with Crippen LogP contribution in [0.2, 0.25) is 5.02 Å². The van der Waals surface area contributed by atoms with E-state index >= 15 is 0 Å². The summed E-state index contributed by atoms with van der Waals surface area (Å²) < 4.78 is 15.5. The van der Waals surface area contributed by atoms with Crippen molar-refractivity contribution < 1.29 is 9.18 Å². The van der Waals surface area contributed by atoms with Crippen molar-refractivity contribution >= 4 is 17.5 Å². The molecule has 0 saturated heterocycles. The van der Waals surface area contributed by atoms with Crippen molar-refractivity contribution in [3.63, 3.8) is 0 Å². The molecule has 0 saturated carbocycles. The number of aromatic nitrogens is 2. The Morgan fingerprint density at radius 2 is 2.00 bits per heavy atom. The molecule has 1 amide bonds. The van der Waals surface area contributed by atoms with Crippen LogP contribution in [0.5, 0.6) is 0 Å². The quantitative estimate of drug-likeness (QED) is 0.795. The first kappa shape index (κ1) is 15.2. The third-order valence-corrected chi connectivity index (χ3v) is 3.60. The third-order valence-electron chi connectivity index (χ3n) is 3.36. The second kappa shape index (κ2) is 6.62. The molecule has 2 aromatic carbocycles. The summed E-state index contributed by atoms with van der Waals surface area (Å²) >= 11 is 5.79. The van der Waals surface area contributed by atoms with Gasteiger partial charge in [-0.15, -0.1) is 0 Å². The molecule has 1 N–H and O–H groups in total. The lowest BCUT2D eigenvalue weighted by Crippen LogP contribution is -2.23. The van der Waals surface area contributed by atoms with Crippen LogP contribution in [-0.2, 0) is 6.54 Å². The van der Waals surface area contributed by atoms with E-state index < -0.39 is 11.7 Å². The van der Waals surface area contributed by atoms with Crippen LogP contribution in [0.4, 0.5) is 4.39 Å². The predicted octanol–water partition coefficient (Wildman–Crippen LogP) is 3.59. The minimum atomic E-state index is -0.595. The Labute approximate surface area is 137 Å². The van der Waals surface area contributed by atoms with Crippen LogP contribution in [0.3, 0.4) is 0 Å². The normalized spacial score (nSPS) is 10.5. The number of hydrogen-bond donors (Lipinski definition) is 1. The van der Waals surface area contributed by atoms with Gasteiger partial charge in [-0.1, -0.05) is 23.7 Å². The smallest absolute Gasteiger partial charge is 0.254 e. The lowest BCUT2D eigenvalue weighted by atomic mass is 10.1. The van der Waals surface area contributed by atoms with E-state index in [-0.39, 0.29) is 5.56 Å². The van der Waals surface area contributed by atoms with Gasteiger partial charge in [0, 0.05) is 29.6 Å². The summed E-state index contributed by atoms with van der Waals surface area (Å²) in [6.07, 6.45) is 5.26. The highest BCUT2D eigenvalue weighted by atomic mass is 35.5. The molecule has 0 fully saturated rings. The first-order chi connectivity index (χ1) is 11.1. The molecule has 0 bridgehead atoms. The van der Waals surface area contributed by atoms with E-state index in [9.17, 15) is 9.18 Å². The van der Waals surface area contributed by atoms with Crippen molar-refractivity contribution in [3.8, 4) is 5.69 Å². The molecule has 116 valence electrons. The van der Waals surface area contributed by atoms with Crippen LogP contribution in [0.15, 0.2) is 61.2 Å². The summed E-state index contributed by atoms with van der Waals surface area (Å²) in [7, 11) is 0. The Bertz CT molecular complexity index is 816. The monoisotopic (exact) mass is 329 g/mol. The third kappa shape index (κ3) is 3.57. The number of imidazole rings is 1. The number of carbonyl (C=O) groups is 1. The summed E-state index contributed by atoms with van der Waals surface area (Å²) in [6, 6.07) is 11.5. The average Bonchev–Trinajstić information content (AvgIpc) is 3.10. The van der Waals surface area contributed by atoms with Crippen molar-refractivity contribution in [3.05, 3.63) is 83.2 Å². The maximum Gasteiger partial charge on any atom is 0.254 e. The van der Waals surface area contributed by atoms with Gasteiger partial charge in [0.15, 0.2) is 0 Å². The lowest BCUT2D eigenvalue weighted by Gasteiger charge is -2.08. The van der Waals surface area contributed by atoms with Crippen LogP contribution in [0.1, 0.15) is 15.9 Å². The Kier molecular flexibility index (Phi) is 4.39. The van der Waals surface area contributed by atoms with E-state index in [1.165, 1.54) is 18.2 Å². The van der Waals surface area contributed by atoms with Gasteiger partial charge in [-0.25, -0.2) is 9.37 Å². The summed E-state index contributed by atoms with van der Waals surface area (Å²) in [4.78, 5) is 16.0. The maximum absolute atomic E-state index is 13.6. The molecule has 6 heteroatoms. The second-order valence-electron chi connectivity index (χ2n) is 4.94. The molecule has 23 heavy (non-hydrogen) atoms. The van der Waals surface area contributed by atoms with Gasteiger partial charge in [0.25, 0.3) is 5.91 Å². The van der Waals surface area contributed by atoms with Crippen molar-refractivity contribution in [2.45, 2.75) is 6.54 Å². The van der Waals surface area contributed by atoms with Gasteiger partial charge in [-0.05, 0) is 35.9 Å². The SMILES string of the molecule is O=C(NCc1ccc(-n2ccnc2)cc1)c1cc(Cl)ccc1F. The number of benzene rings is 2. The van der Waals surface area contributed by atoms with Crippen LogP contribution < -0.4 is 5.32 Å². The molecule has 0 atom stereocenters. The molecule has 3 rings (SSSR count). The molecule has 0 aliphatic heterocycles. The molecule has 3 aromatic rings. The fourth-order valence-corrected chi connectivity index (χ4v) is 2.32. The van der Waals surface area contributed by atoms with Gasteiger partial charge in [-0.2, -0.15) is 0 Å². The van der Waals surface area contributed by atoms with Gasteiger partial charge in [0.05, 0.1) is 11.9 Å². The standard InChI is InChI=1S/C17H13ClFN3O/c18-13-3-6-16(19)15(9-13)17(23)21-10-12-1-4-14(5-2-12)22-8-7-20-11-22/h1-9,11H,10H2,(H,21,23). The molecule has 0 unspecified atom stereocenters. The zero-order valence-corrected chi connectivity index (χ0v) is 12.8. The number of nitrogens with zero attached hydrogens (tertiary/aromatic N) is 2. The minimum Gasteiger partial charge on any atom is -0.348 e. The van der Waals surface area contributed by atoms with Gasteiger partial charge in [0.1, 0.15) is 5.82 Å². The minimum absolute atomic E-state index is 0.0625. The van der Waals surface area contributed by atoms with Crippen LogP contribution in [-0.4, -0.2) is 15.5 Å². The van der Waals surface area contributed by atoms with Crippen LogP contribution in [0, 0.1) is 5.82 Å². The van der Waals surface area contributed by atoms with Crippen molar-refractivity contribution in [1.82, 2.24) is 14.9 Å². The number of amides is 1. The van der Waals surface area contributed by atoms with E-state index in [4.69, 9.17) is 11.6 Å². The van der Waals surface area contributed by atoms with Crippen molar-refractivity contribution in [2.24, 2.45) is 0 Å². The Morgan fingerprint density at radius 1 is 1.22 bits per heavy atom. The second-order valence-corrected chi connectivity index (χ2v) is 5.38. The van der Waals surface area contributed by atoms with Crippen molar-refractivity contribution in [1.29, 1.82) is 0 Å². The molecule has 0 aliphatic rings. The van der Waals surface area contributed by atoms with E-state index in [0.717, 1.165) is 11.3 Å². The summed E-state index contributed by atoms with van der Waals surface area (Å²) in [5.74, 6) is -1.09. The highest BCUT2D eigenvalue weighted by Crippen LogP contribution is 2.15. The molecule has 1 heterocycles. The maximum atomic E-state index is 13.6. The molecular formula is C17H13ClFN3O. The lowest BCUT2D eigenvalue weighted by molar-refractivity contribution is 0.0947. The molecule has 0 aliphatic carbocycles. The summed E-state index contributed by atoms with van der Waals surface area (Å²) in [5, 5.41) is 3.00.